The molecule has 31 heavy (non-hydrogen) atoms. The molecule has 9 nitrogen and oxygen atoms in total. The number of nitrogens with one attached hydrogen (secondary N) is 3. The Morgan fingerprint density at radius 1 is 1.19 bits per heavy atom. The minimum atomic E-state index is -0.505. The topological polar surface area (TPSA) is 110 Å². The number of pyridine rings is 1. The average molecular weight is 425 g/mol. The molecule has 2 aromatic heterocycles. The van der Waals surface area contributed by atoms with Gasteiger partial charge in [0, 0.05) is 25.1 Å². The van der Waals surface area contributed by atoms with Crippen molar-refractivity contribution >= 4 is 23.5 Å². The van der Waals surface area contributed by atoms with Crippen LogP contribution in [0.15, 0.2) is 24.5 Å². The number of nitrogens with zero attached hydrogens (tertiary/aromatic N) is 3. The van der Waals surface area contributed by atoms with E-state index >= 15 is 0 Å². The number of rotatable bonds is 5. The summed E-state index contributed by atoms with van der Waals surface area (Å²) in [6, 6.07) is 3.70. The first-order valence-electron chi connectivity index (χ1n) is 10.1. The lowest BCUT2D eigenvalue weighted by Gasteiger charge is -2.33. The van der Waals surface area contributed by atoms with Gasteiger partial charge in [-0.3, -0.25) is 0 Å². The van der Waals surface area contributed by atoms with E-state index in [0.717, 1.165) is 18.5 Å². The lowest BCUT2D eigenvalue weighted by atomic mass is 9.81. The highest BCUT2D eigenvalue weighted by Gasteiger charge is 2.30. The van der Waals surface area contributed by atoms with Crippen LogP contribution in [0.25, 0.3) is 0 Å². The van der Waals surface area contributed by atoms with E-state index in [1.54, 1.807) is 32.6 Å². The molecule has 1 aliphatic rings. The second-order valence-corrected chi connectivity index (χ2v) is 8.20. The monoisotopic (exact) mass is 424 g/mol. The minimum absolute atomic E-state index is 0.0834. The molecule has 164 valence electrons. The second-order valence-electron chi connectivity index (χ2n) is 8.20. The fourth-order valence-corrected chi connectivity index (χ4v) is 2.91. The molecule has 0 aromatic carbocycles. The van der Waals surface area contributed by atoms with E-state index in [1.165, 1.54) is 0 Å². The third-order valence-corrected chi connectivity index (χ3v) is 4.49. The van der Waals surface area contributed by atoms with E-state index in [9.17, 15) is 4.79 Å². The summed E-state index contributed by atoms with van der Waals surface area (Å²) in [6.45, 7) is 5.53. The van der Waals surface area contributed by atoms with Crippen LogP contribution in [-0.2, 0) is 4.74 Å². The predicted octanol–water partition coefficient (Wildman–Crippen LogP) is 3.32. The number of anilines is 3. The highest BCUT2D eigenvalue weighted by molar-refractivity contribution is 5.68. The van der Waals surface area contributed by atoms with Gasteiger partial charge in [0.05, 0.1) is 30.8 Å². The summed E-state index contributed by atoms with van der Waals surface area (Å²) in [5, 5.41) is 9.04. The maximum atomic E-state index is 11.9. The van der Waals surface area contributed by atoms with Crippen molar-refractivity contribution in [1.29, 1.82) is 0 Å². The smallest absolute Gasteiger partial charge is 0.407 e. The fraction of sp³-hybridized carbons (Fsp3) is 0.455. The van der Waals surface area contributed by atoms with Gasteiger partial charge in [-0.2, -0.15) is 4.98 Å². The molecule has 0 saturated heterocycles. The first-order valence-corrected chi connectivity index (χ1v) is 10.1. The Morgan fingerprint density at radius 3 is 2.58 bits per heavy atom. The van der Waals surface area contributed by atoms with Gasteiger partial charge in [-0.05, 0) is 39.7 Å². The number of alkyl carbamates (subject to hydrolysis) is 1. The molecule has 3 N–H and O–H groups in total. The first kappa shape index (κ1) is 22.2. The molecule has 0 atom stereocenters. The molecule has 2 heterocycles. The van der Waals surface area contributed by atoms with Gasteiger partial charge in [-0.15, -0.1) is 0 Å². The van der Waals surface area contributed by atoms with Crippen molar-refractivity contribution in [2.75, 3.05) is 24.8 Å². The number of hydrogen-bond acceptors (Lipinski definition) is 8. The average Bonchev–Trinajstić information content (AvgIpc) is 2.69. The van der Waals surface area contributed by atoms with E-state index in [1.807, 2.05) is 26.8 Å². The molecule has 3 rings (SSSR count). The predicted molar refractivity (Wildman–Crippen MR) is 118 cm³/mol. The highest BCUT2D eigenvalue weighted by Crippen LogP contribution is 2.27. The molecule has 0 radical (unpaired) electrons. The van der Waals surface area contributed by atoms with Crippen molar-refractivity contribution in [2.24, 2.45) is 5.92 Å². The third-order valence-electron chi connectivity index (χ3n) is 4.49. The molecule has 1 aliphatic carbocycles. The second kappa shape index (κ2) is 9.51. The van der Waals surface area contributed by atoms with Gasteiger partial charge in [-0.1, -0.05) is 11.8 Å². The molecule has 0 unspecified atom stereocenters. The van der Waals surface area contributed by atoms with Gasteiger partial charge < -0.3 is 25.4 Å². The quantitative estimate of drug-likeness (QED) is 0.627. The van der Waals surface area contributed by atoms with Gasteiger partial charge in [0.15, 0.2) is 5.82 Å². The molecule has 1 saturated carbocycles. The normalized spacial score (nSPS) is 17.5. The van der Waals surface area contributed by atoms with Crippen LogP contribution in [0, 0.1) is 17.8 Å². The highest BCUT2D eigenvalue weighted by atomic mass is 16.6. The van der Waals surface area contributed by atoms with Crippen molar-refractivity contribution in [3.05, 3.63) is 30.1 Å². The van der Waals surface area contributed by atoms with Gasteiger partial charge in [0.25, 0.3) is 0 Å². The van der Waals surface area contributed by atoms with Gasteiger partial charge >= 0.3 is 6.09 Å². The summed E-state index contributed by atoms with van der Waals surface area (Å²) < 4.78 is 10.4. The number of carbonyl (C=O) groups is 1. The zero-order chi connectivity index (χ0) is 22.4. The summed E-state index contributed by atoms with van der Waals surface area (Å²) in [6.07, 6.45) is 4.52. The lowest BCUT2D eigenvalue weighted by molar-refractivity contribution is 0.0467. The van der Waals surface area contributed by atoms with E-state index in [2.05, 4.69) is 42.7 Å². The third kappa shape index (κ3) is 6.47. The van der Waals surface area contributed by atoms with E-state index in [4.69, 9.17) is 9.47 Å². The molecular weight excluding hydrogens is 396 g/mol. The Bertz CT molecular complexity index is 969. The number of ether oxygens (including phenoxy) is 2. The first-order chi connectivity index (χ1) is 14.8. The van der Waals surface area contributed by atoms with Crippen LogP contribution in [0.3, 0.4) is 0 Å². The summed E-state index contributed by atoms with van der Waals surface area (Å²) >= 11 is 0. The van der Waals surface area contributed by atoms with E-state index in [0.29, 0.717) is 23.2 Å². The zero-order valence-electron chi connectivity index (χ0n) is 18.4. The Labute approximate surface area is 182 Å². The summed E-state index contributed by atoms with van der Waals surface area (Å²) in [4.78, 5) is 24.8. The van der Waals surface area contributed by atoms with Crippen LogP contribution in [0.4, 0.5) is 22.2 Å². The van der Waals surface area contributed by atoms with Crippen LogP contribution in [0.2, 0.25) is 0 Å². The number of carbonyl (C=O) groups excluding carboxylic acids is 1. The minimum Gasteiger partial charge on any atom is -0.481 e. The Morgan fingerprint density at radius 2 is 1.97 bits per heavy atom. The molecule has 0 bridgehead atoms. The standard InChI is InChI=1S/C22H28N6O3/c1-22(2,3)31-21(29)27-17-10-14(11-17)6-7-15-12-25-20(23-4)28-19(15)26-16-8-9-18(30-5)24-13-16/h8-9,12-14,17H,10-11H2,1-5H3,(H,27,29)(H2,23,25,26,28)/t14-,17+. The maximum Gasteiger partial charge on any atom is 0.407 e. The maximum absolute atomic E-state index is 11.9. The molecule has 0 spiro atoms. The summed E-state index contributed by atoms with van der Waals surface area (Å²) in [5.74, 6) is 8.21. The summed E-state index contributed by atoms with van der Waals surface area (Å²) in [7, 11) is 3.33. The van der Waals surface area contributed by atoms with Crippen molar-refractivity contribution in [2.45, 2.75) is 45.3 Å². The molecule has 9 heteroatoms. The molecule has 0 aliphatic heterocycles. The van der Waals surface area contributed by atoms with Crippen molar-refractivity contribution in [1.82, 2.24) is 20.3 Å². The Kier molecular flexibility index (Phi) is 6.80. The number of methoxy groups -OCH3 is 1. The van der Waals surface area contributed by atoms with Gasteiger partial charge in [0.2, 0.25) is 11.8 Å². The van der Waals surface area contributed by atoms with Crippen molar-refractivity contribution in [3.8, 4) is 17.7 Å². The molecule has 1 fully saturated rings. The van der Waals surface area contributed by atoms with Crippen LogP contribution in [-0.4, -0.2) is 46.8 Å². The Hall–Kier alpha value is -3.54. The molecule has 2 aromatic rings. The zero-order valence-corrected chi connectivity index (χ0v) is 18.4. The van der Waals surface area contributed by atoms with Gasteiger partial charge in [0.1, 0.15) is 5.60 Å². The van der Waals surface area contributed by atoms with Crippen LogP contribution in [0.5, 0.6) is 5.88 Å². The molecular formula is C22H28N6O3. The van der Waals surface area contributed by atoms with E-state index < -0.39 is 5.60 Å². The fourth-order valence-electron chi connectivity index (χ4n) is 2.91. The molecule has 1 amide bonds. The lowest BCUT2D eigenvalue weighted by Crippen LogP contribution is -2.45. The van der Waals surface area contributed by atoms with Crippen LogP contribution >= 0.6 is 0 Å². The van der Waals surface area contributed by atoms with Crippen LogP contribution < -0.4 is 20.7 Å². The van der Waals surface area contributed by atoms with Crippen molar-refractivity contribution < 1.29 is 14.3 Å². The van der Waals surface area contributed by atoms with Gasteiger partial charge in [-0.25, -0.2) is 14.8 Å². The SMILES string of the molecule is CNc1ncc(C#C[C@H]2C[C@@H](NC(=O)OC(C)(C)C)C2)c(Nc2ccc(OC)nc2)n1. The van der Waals surface area contributed by atoms with Crippen LogP contribution in [0.1, 0.15) is 39.2 Å². The van der Waals surface area contributed by atoms with E-state index in [-0.39, 0.29) is 18.1 Å². The van der Waals surface area contributed by atoms with Crippen molar-refractivity contribution in [3.63, 3.8) is 0 Å². The summed E-state index contributed by atoms with van der Waals surface area (Å²) in [5.41, 5.74) is 0.934. The largest absolute Gasteiger partial charge is 0.481 e. The Balaban J connectivity index is 1.63. The number of aromatic nitrogens is 3. The number of hydrogen-bond donors (Lipinski definition) is 3. The number of amides is 1.